The molecule has 2 fully saturated rings. The van der Waals surface area contributed by atoms with Crippen molar-refractivity contribution in [3.05, 3.63) is 17.0 Å². The second kappa shape index (κ2) is 6.34. The molecule has 5 nitrogen and oxygen atoms in total. The van der Waals surface area contributed by atoms with Crippen molar-refractivity contribution in [2.45, 2.75) is 48.4 Å². The predicted molar refractivity (Wildman–Crippen MR) is 85.0 cm³/mol. The molecule has 0 radical (unpaired) electrons. The van der Waals surface area contributed by atoms with Crippen LogP contribution in [0.3, 0.4) is 0 Å². The number of nitrogens with one attached hydrogen (secondary N) is 1. The fraction of sp³-hybridized carbons (Fsp3) is 0.714. The lowest BCUT2D eigenvalue weighted by molar-refractivity contribution is 0.176. The molecule has 2 atom stereocenters. The van der Waals surface area contributed by atoms with Gasteiger partial charge >= 0.3 is 0 Å². The largest absolute Gasteiger partial charge is 0.330 e. The second-order valence-corrected chi connectivity index (χ2v) is 9.04. The molecule has 0 spiro atoms. The van der Waals surface area contributed by atoms with Gasteiger partial charge in [-0.05, 0) is 63.9 Å². The summed E-state index contributed by atoms with van der Waals surface area (Å²) in [5, 5.41) is 0. The van der Waals surface area contributed by atoms with Crippen LogP contribution in [0.4, 0.5) is 0 Å². The Bertz CT molecular complexity index is 585. The molecule has 7 heteroatoms. The van der Waals surface area contributed by atoms with Gasteiger partial charge in [0.05, 0.1) is 0 Å². The van der Waals surface area contributed by atoms with Gasteiger partial charge < -0.3 is 10.6 Å². The lowest BCUT2D eigenvalue weighted by atomic mass is 9.99. The Morgan fingerprint density at radius 3 is 3.00 bits per heavy atom. The third-order valence-corrected chi connectivity index (χ3v) is 7.59. The molecule has 1 aromatic heterocycles. The van der Waals surface area contributed by atoms with Crippen molar-refractivity contribution in [2.75, 3.05) is 19.6 Å². The first-order valence-corrected chi connectivity index (χ1v) is 9.93. The number of hydrogen-bond donors (Lipinski definition) is 2. The maximum absolute atomic E-state index is 12.5. The molecule has 2 unspecified atom stereocenters. The van der Waals surface area contributed by atoms with E-state index in [0.717, 1.165) is 30.7 Å². The van der Waals surface area contributed by atoms with Crippen LogP contribution in [-0.2, 0) is 16.4 Å². The van der Waals surface area contributed by atoms with Crippen LogP contribution in [0.15, 0.2) is 16.3 Å². The highest BCUT2D eigenvalue weighted by molar-refractivity contribution is 7.91. The van der Waals surface area contributed by atoms with Crippen LogP contribution in [0.25, 0.3) is 0 Å². The summed E-state index contributed by atoms with van der Waals surface area (Å²) in [6.45, 7) is 2.74. The molecule has 2 aliphatic heterocycles. The van der Waals surface area contributed by atoms with E-state index in [1.165, 1.54) is 30.7 Å². The van der Waals surface area contributed by atoms with Gasteiger partial charge in [-0.3, -0.25) is 0 Å². The van der Waals surface area contributed by atoms with Crippen molar-refractivity contribution < 1.29 is 8.42 Å². The van der Waals surface area contributed by atoms with Crippen LogP contribution in [0, 0.1) is 0 Å². The van der Waals surface area contributed by atoms with E-state index in [1.807, 2.05) is 6.07 Å². The van der Waals surface area contributed by atoms with E-state index in [-0.39, 0.29) is 6.04 Å². The number of nitrogens with two attached hydrogens (primary N) is 1. The van der Waals surface area contributed by atoms with Crippen LogP contribution >= 0.6 is 11.3 Å². The van der Waals surface area contributed by atoms with Crippen molar-refractivity contribution in [3.63, 3.8) is 0 Å². The lowest BCUT2D eigenvalue weighted by Crippen LogP contribution is -2.47. The summed E-state index contributed by atoms with van der Waals surface area (Å²) >= 11 is 1.33. The monoisotopic (exact) mass is 329 g/mol. The number of fused-ring (bicyclic) bond motifs is 1. The van der Waals surface area contributed by atoms with Gasteiger partial charge in [0.1, 0.15) is 4.21 Å². The van der Waals surface area contributed by atoms with Gasteiger partial charge in [-0.1, -0.05) is 0 Å². The van der Waals surface area contributed by atoms with Crippen molar-refractivity contribution in [2.24, 2.45) is 5.73 Å². The number of nitrogens with zero attached hydrogens (tertiary/aromatic N) is 1. The zero-order valence-electron chi connectivity index (χ0n) is 12.1. The number of hydrogen-bond acceptors (Lipinski definition) is 5. The van der Waals surface area contributed by atoms with Crippen molar-refractivity contribution in [1.29, 1.82) is 0 Å². The molecule has 1 aromatic rings. The molecule has 0 bridgehead atoms. The molecule has 0 amide bonds. The summed E-state index contributed by atoms with van der Waals surface area (Å²) in [7, 11) is -3.38. The number of rotatable bonds is 5. The van der Waals surface area contributed by atoms with Gasteiger partial charge in [-0.2, -0.15) is 0 Å². The first-order valence-electron chi connectivity index (χ1n) is 7.63. The highest BCUT2D eigenvalue weighted by Crippen LogP contribution is 2.28. The van der Waals surface area contributed by atoms with E-state index in [4.69, 9.17) is 5.73 Å². The maximum Gasteiger partial charge on any atom is 0.250 e. The van der Waals surface area contributed by atoms with Gasteiger partial charge in [0.25, 0.3) is 0 Å². The van der Waals surface area contributed by atoms with E-state index < -0.39 is 10.0 Å². The Balaban J connectivity index is 1.65. The van der Waals surface area contributed by atoms with Gasteiger partial charge in [-0.15, -0.1) is 11.3 Å². The van der Waals surface area contributed by atoms with Crippen molar-refractivity contribution >= 4 is 21.4 Å². The Morgan fingerprint density at radius 2 is 2.19 bits per heavy atom. The van der Waals surface area contributed by atoms with Crippen LogP contribution in [-0.4, -0.2) is 45.0 Å². The van der Waals surface area contributed by atoms with Gasteiger partial charge in [-0.25, -0.2) is 13.1 Å². The average molecular weight is 329 g/mol. The fourth-order valence-corrected chi connectivity index (χ4v) is 6.06. The quantitative estimate of drug-likeness (QED) is 0.850. The van der Waals surface area contributed by atoms with Crippen molar-refractivity contribution in [3.8, 4) is 0 Å². The molecule has 2 aliphatic rings. The fourth-order valence-electron chi connectivity index (χ4n) is 3.39. The Kier molecular flexibility index (Phi) is 4.66. The molecule has 21 heavy (non-hydrogen) atoms. The third kappa shape index (κ3) is 3.48. The number of sulfonamides is 1. The van der Waals surface area contributed by atoms with Crippen LogP contribution in [0.2, 0.25) is 0 Å². The molecule has 3 N–H and O–H groups in total. The zero-order valence-corrected chi connectivity index (χ0v) is 13.8. The van der Waals surface area contributed by atoms with Gasteiger partial charge in [0, 0.05) is 17.0 Å². The minimum absolute atomic E-state index is 0.0782. The molecule has 2 saturated heterocycles. The summed E-state index contributed by atoms with van der Waals surface area (Å²) in [4.78, 5) is 3.53. The highest BCUT2D eigenvalue weighted by atomic mass is 32.2. The SMILES string of the molecule is NCCc1ccc(S(=O)(=O)NC2CCN3CCCC3C2)s1. The zero-order chi connectivity index (χ0) is 14.9. The van der Waals surface area contributed by atoms with E-state index in [1.54, 1.807) is 6.07 Å². The summed E-state index contributed by atoms with van der Waals surface area (Å²) in [6.07, 6.45) is 5.05. The Labute approximate surface area is 130 Å². The summed E-state index contributed by atoms with van der Waals surface area (Å²) in [5.74, 6) is 0. The van der Waals surface area contributed by atoms with E-state index >= 15 is 0 Å². The molecule has 118 valence electrons. The molecule has 0 aromatic carbocycles. The Morgan fingerprint density at radius 1 is 1.33 bits per heavy atom. The molecule has 0 saturated carbocycles. The molecule has 3 rings (SSSR count). The van der Waals surface area contributed by atoms with E-state index in [9.17, 15) is 8.42 Å². The maximum atomic E-state index is 12.5. The van der Waals surface area contributed by atoms with Gasteiger partial charge in [0.15, 0.2) is 0 Å². The first-order chi connectivity index (χ1) is 10.1. The standard InChI is InChI=1S/C14H23N3O2S2/c15-7-5-13-3-4-14(20-13)21(18,19)16-11-6-9-17-8-1-2-12(17)10-11/h3-4,11-12,16H,1-2,5-10,15H2. The second-order valence-electron chi connectivity index (χ2n) is 5.93. The predicted octanol–water partition coefficient (Wildman–Crippen LogP) is 1.15. The normalized spacial score (nSPS) is 26.9. The highest BCUT2D eigenvalue weighted by Gasteiger charge is 2.33. The minimum Gasteiger partial charge on any atom is -0.330 e. The smallest absolute Gasteiger partial charge is 0.250 e. The van der Waals surface area contributed by atoms with E-state index in [0.29, 0.717) is 16.8 Å². The van der Waals surface area contributed by atoms with E-state index in [2.05, 4.69) is 9.62 Å². The molecule has 3 heterocycles. The number of thiophene rings is 1. The molecule has 0 aliphatic carbocycles. The summed E-state index contributed by atoms with van der Waals surface area (Å²) in [6, 6.07) is 4.21. The van der Waals surface area contributed by atoms with Crippen LogP contribution in [0.1, 0.15) is 30.6 Å². The van der Waals surface area contributed by atoms with Crippen LogP contribution < -0.4 is 10.5 Å². The average Bonchev–Trinajstić information content (AvgIpc) is 3.07. The Hall–Kier alpha value is -0.470. The molecular formula is C14H23N3O2S2. The van der Waals surface area contributed by atoms with Gasteiger partial charge in [0.2, 0.25) is 10.0 Å². The van der Waals surface area contributed by atoms with Crippen LogP contribution in [0.5, 0.6) is 0 Å². The van der Waals surface area contributed by atoms with Crippen molar-refractivity contribution in [1.82, 2.24) is 9.62 Å². The topological polar surface area (TPSA) is 75.4 Å². The third-order valence-electron chi connectivity index (χ3n) is 4.43. The number of piperidine rings is 1. The summed E-state index contributed by atoms with van der Waals surface area (Å²) in [5.41, 5.74) is 5.51. The molecular weight excluding hydrogens is 306 g/mol. The minimum atomic E-state index is -3.38. The lowest BCUT2D eigenvalue weighted by Gasteiger charge is -2.34. The summed E-state index contributed by atoms with van der Waals surface area (Å²) < 4.78 is 28.2. The first kappa shape index (κ1) is 15.4.